The minimum absolute atomic E-state index is 0.0852. The summed E-state index contributed by atoms with van der Waals surface area (Å²) in [7, 11) is 0. The molecule has 1 unspecified atom stereocenters. The summed E-state index contributed by atoms with van der Waals surface area (Å²) in [5, 5.41) is 13.3. The van der Waals surface area contributed by atoms with Gasteiger partial charge in [0.25, 0.3) is 5.56 Å². The third-order valence-electron chi connectivity index (χ3n) is 4.02. The van der Waals surface area contributed by atoms with Crippen LogP contribution in [0.15, 0.2) is 41.3 Å². The van der Waals surface area contributed by atoms with Crippen molar-refractivity contribution in [3.05, 3.63) is 57.5 Å². The second kappa shape index (κ2) is 6.42. The van der Waals surface area contributed by atoms with Crippen molar-refractivity contribution in [2.24, 2.45) is 5.92 Å². The van der Waals surface area contributed by atoms with Gasteiger partial charge in [-0.2, -0.15) is 5.10 Å². The molecule has 23 heavy (non-hydrogen) atoms. The summed E-state index contributed by atoms with van der Waals surface area (Å²) < 4.78 is 1.31. The lowest BCUT2D eigenvalue weighted by Gasteiger charge is -2.19. The maximum absolute atomic E-state index is 12.4. The second-order valence-electron chi connectivity index (χ2n) is 5.56. The number of carboxylic acids is 1. The SMILES string of the molecule is O=C(O)C1CCN(c2cnn(Cc3ccccc3)c(=O)c2Cl)C1. The highest BCUT2D eigenvalue weighted by Gasteiger charge is 2.30. The molecular formula is C16H16ClN3O3. The Morgan fingerprint density at radius 1 is 1.35 bits per heavy atom. The zero-order valence-corrected chi connectivity index (χ0v) is 13.1. The number of hydrogen-bond acceptors (Lipinski definition) is 4. The number of carbonyl (C=O) groups is 1. The van der Waals surface area contributed by atoms with Crippen LogP contribution in [0, 0.1) is 5.92 Å². The molecule has 1 aliphatic heterocycles. The minimum atomic E-state index is -0.825. The molecular weight excluding hydrogens is 318 g/mol. The number of benzene rings is 1. The number of aromatic nitrogens is 2. The van der Waals surface area contributed by atoms with E-state index in [0.29, 0.717) is 31.7 Å². The monoisotopic (exact) mass is 333 g/mol. The molecule has 120 valence electrons. The van der Waals surface area contributed by atoms with E-state index in [2.05, 4.69) is 5.10 Å². The first-order valence-electron chi connectivity index (χ1n) is 7.33. The highest BCUT2D eigenvalue weighted by atomic mass is 35.5. The first kappa shape index (κ1) is 15.6. The molecule has 3 rings (SSSR count). The zero-order chi connectivity index (χ0) is 16.4. The predicted octanol–water partition coefficient (Wildman–Crippen LogP) is 1.86. The Morgan fingerprint density at radius 3 is 2.74 bits per heavy atom. The van der Waals surface area contributed by atoms with Gasteiger partial charge < -0.3 is 10.0 Å². The lowest BCUT2D eigenvalue weighted by atomic mass is 10.1. The number of anilines is 1. The molecule has 2 heterocycles. The fourth-order valence-corrected chi connectivity index (χ4v) is 2.99. The number of hydrogen-bond donors (Lipinski definition) is 1. The first-order chi connectivity index (χ1) is 11.1. The maximum Gasteiger partial charge on any atom is 0.308 e. The van der Waals surface area contributed by atoms with Gasteiger partial charge in [0.1, 0.15) is 5.02 Å². The fourth-order valence-electron chi connectivity index (χ4n) is 2.73. The first-order valence-corrected chi connectivity index (χ1v) is 7.71. The Kier molecular flexibility index (Phi) is 4.34. The normalized spacial score (nSPS) is 17.4. The largest absolute Gasteiger partial charge is 0.481 e. The van der Waals surface area contributed by atoms with Crippen molar-refractivity contribution >= 4 is 23.3 Å². The van der Waals surface area contributed by atoms with E-state index in [1.165, 1.54) is 10.9 Å². The summed E-state index contributed by atoms with van der Waals surface area (Å²) in [6.45, 7) is 1.25. The molecule has 2 aromatic rings. The van der Waals surface area contributed by atoms with Crippen molar-refractivity contribution in [2.45, 2.75) is 13.0 Å². The molecule has 0 radical (unpaired) electrons. The van der Waals surface area contributed by atoms with E-state index < -0.39 is 11.9 Å². The molecule has 1 atom stereocenters. The summed E-state index contributed by atoms with van der Waals surface area (Å²) in [5.41, 5.74) is 1.09. The maximum atomic E-state index is 12.4. The van der Waals surface area contributed by atoms with E-state index in [9.17, 15) is 9.59 Å². The van der Waals surface area contributed by atoms with Crippen LogP contribution in [-0.2, 0) is 11.3 Å². The van der Waals surface area contributed by atoms with Gasteiger partial charge in [0.2, 0.25) is 0 Å². The quantitative estimate of drug-likeness (QED) is 0.924. The van der Waals surface area contributed by atoms with Gasteiger partial charge in [-0.1, -0.05) is 41.9 Å². The van der Waals surface area contributed by atoms with Crippen LogP contribution in [0.25, 0.3) is 0 Å². The molecule has 0 spiro atoms. The van der Waals surface area contributed by atoms with E-state index in [1.807, 2.05) is 35.2 Å². The summed E-state index contributed by atoms with van der Waals surface area (Å²) in [6, 6.07) is 9.52. The van der Waals surface area contributed by atoms with Crippen LogP contribution >= 0.6 is 11.6 Å². The Morgan fingerprint density at radius 2 is 2.09 bits per heavy atom. The van der Waals surface area contributed by atoms with Crippen molar-refractivity contribution in [1.82, 2.24) is 9.78 Å². The van der Waals surface area contributed by atoms with Gasteiger partial charge in [0, 0.05) is 13.1 Å². The molecule has 0 saturated carbocycles. The van der Waals surface area contributed by atoms with Crippen molar-refractivity contribution in [3.63, 3.8) is 0 Å². The highest BCUT2D eigenvalue weighted by molar-refractivity contribution is 6.33. The Labute approximate surface area is 137 Å². The second-order valence-corrected chi connectivity index (χ2v) is 5.94. The van der Waals surface area contributed by atoms with Gasteiger partial charge >= 0.3 is 5.97 Å². The summed E-state index contributed by atoms with van der Waals surface area (Å²) >= 11 is 6.21. The van der Waals surface area contributed by atoms with Crippen LogP contribution < -0.4 is 10.5 Å². The van der Waals surface area contributed by atoms with Crippen LogP contribution in [0.1, 0.15) is 12.0 Å². The van der Waals surface area contributed by atoms with E-state index in [4.69, 9.17) is 16.7 Å². The minimum Gasteiger partial charge on any atom is -0.481 e. The van der Waals surface area contributed by atoms with Crippen molar-refractivity contribution in [2.75, 3.05) is 18.0 Å². The van der Waals surface area contributed by atoms with Crippen LogP contribution in [-0.4, -0.2) is 33.9 Å². The van der Waals surface area contributed by atoms with Crippen molar-refractivity contribution < 1.29 is 9.90 Å². The Hall–Kier alpha value is -2.34. The predicted molar refractivity (Wildman–Crippen MR) is 87.0 cm³/mol. The molecule has 1 saturated heterocycles. The Bertz CT molecular complexity index is 776. The topological polar surface area (TPSA) is 75.4 Å². The summed E-state index contributed by atoms with van der Waals surface area (Å²) in [5.74, 6) is -1.26. The molecule has 1 N–H and O–H groups in total. The molecule has 1 fully saturated rings. The smallest absolute Gasteiger partial charge is 0.308 e. The summed E-state index contributed by atoms with van der Waals surface area (Å²) in [6.07, 6.45) is 2.08. The molecule has 1 aromatic carbocycles. The van der Waals surface area contributed by atoms with Crippen molar-refractivity contribution in [3.8, 4) is 0 Å². The lowest BCUT2D eigenvalue weighted by Crippen LogP contribution is -2.29. The fraction of sp³-hybridized carbons (Fsp3) is 0.312. The number of rotatable bonds is 4. The third kappa shape index (κ3) is 3.22. The molecule has 7 heteroatoms. The molecule has 0 amide bonds. The summed E-state index contributed by atoms with van der Waals surface area (Å²) in [4.78, 5) is 25.2. The van der Waals surface area contributed by atoms with E-state index in [-0.39, 0.29) is 10.6 Å². The molecule has 1 aliphatic rings. The van der Waals surface area contributed by atoms with E-state index in [0.717, 1.165) is 5.56 Å². The lowest BCUT2D eigenvalue weighted by molar-refractivity contribution is -0.140. The average Bonchev–Trinajstić information content (AvgIpc) is 3.03. The van der Waals surface area contributed by atoms with Gasteiger partial charge in [0.05, 0.1) is 24.3 Å². The highest BCUT2D eigenvalue weighted by Crippen LogP contribution is 2.27. The molecule has 0 bridgehead atoms. The van der Waals surface area contributed by atoms with Crippen LogP contribution in [0.2, 0.25) is 5.02 Å². The average molecular weight is 334 g/mol. The molecule has 1 aromatic heterocycles. The standard InChI is InChI=1S/C16H16ClN3O3/c17-14-13(19-7-6-12(10-19)16(22)23)8-18-20(15(14)21)9-11-4-2-1-3-5-11/h1-5,8,12H,6-7,9-10H2,(H,22,23). The van der Waals surface area contributed by atoms with E-state index in [1.54, 1.807) is 0 Å². The van der Waals surface area contributed by atoms with Crippen LogP contribution in [0.5, 0.6) is 0 Å². The van der Waals surface area contributed by atoms with Gasteiger partial charge in [-0.15, -0.1) is 0 Å². The zero-order valence-electron chi connectivity index (χ0n) is 12.4. The van der Waals surface area contributed by atoms with E-state index >= 15 is 0 Å². The number of aliphatic carboxylic acids is 1. The van der Waals surface area contributed by atoms with Crippen LogP contribution in [0.4, 0.5) is 5.69 Å². The Balaban J connectivity index is 1.84. The van der Waals surface area contributed by atoms with Crippen LogP contribution in [0.3, 0.4) is 0 Å². The van der Waals surface area contributed by atoms with Gasteiger partial charge in [0.15, 0.2) is 0 Å². The van der Waals surface area contributed by atoms with Gasteiger partial charge in [-0.05, 0) is 12.0 Å². The molecule has 6 nitrogen and oxygen atoms in total. The number of carboxylic acid groups (broad SMARTS) is 1. The van der Waals surface area contributed by atoms with Gasteiger partial charge in [-0.3, -0.25) is 9.59 Å². The number of halogens is 1. The third-order valence-corrected chi connectivity index (χ3v) is 4.38. The molecule has 0 aliphatic carbocycles. The number of nitrogens with zero attached hydrogens (tertiary/aromatic N) is 3. The van der Waals surface area contributed by atoms with Gasteiger partial charge in [-0.25, -0.2) is 4.68 Å². The van der Waals surface area contributed by atoms with Crippen molar-refractivity contribution in [1.29, 1.82) is 0 Å².